The zero-order valence-electron chi connectivity index (χ0n) is 12.3. The zero-order valence-corrected chi connectivity index (χ0v) is 12.3. The maximum atomic E-state index is 5.13. The highest BCUT2D eigenvalue weighted by molar-refractivity contribution is 5.63. The number of benzene rings is 1. The van der Waals surface area contributed by atoms with Crippen LogP contribution in [-0.2, 0) is 17.8 Å². The SMILES string of the molecule is CCCc1cccc(-c2cc(NC)nc(COC)n2)c1. The van der Waals surface area contributed by atoms with E-state index in [4.69, 9.17) is 4.74 Å². The van der Waals surface area contributed by atoms with Crippen LogP contribution in [0.1, 0.15) is 24.7 Å². The van der Waals surface area contributed by atoms with Gasteiger partial charge in [-0.1, -0.05) is 31.5 Å². The van der Waals surface area contributed by atoms with E-state index in [2.05, 4.69) is 46.5 Å². The molecule has 1 aromatic carbocycles. The molecule has 0 spiro atoms. The van der Waals surface area contributed by atoms with E-state index in [1.54, 1.807) is 7.11 Å². The molecule has 0 unspecified atom stereocenters. The van der Waals surface area contributed by atoms with Gasteiger partial charge in [-0.2, -0.15) is 0 Å². The molecule has 0 aliphatic heterocycles. The van der Waals surface area contributed by atoms with Crippen LogP contribution in [0.5, 0.6) is 0 Å². The van der Waals surface area contributed by atoms with Gasteiger partial charge in [-0.25, -0.2) is 9.97 Å². The maximum Gasteiger partial charge on any atom is 0.157 e. The summed E-state index contributed by atoms with van der Waals surface area (Å²) in [4.78, 5) is 8.95. The van der Waals surface area contributed by atoms with Gasteiger partial charge in [-0.3, -0.25) is 0 Å². The van der Waals surface area contributed by atoms with E-state index < -0.39 is 0 Å². The molecule has 0 fully saturated rings. The number of nitrogens with one attached hydrogen (secondary N) is 1. The lowest BCUT2D eigenvalue weighted by molar-refractivity contribution is 0.178. The third kappa shape index (κ3) is 3.54. The van der Waals surface area contributed by atoms with Crippen molar-refractivity contribution < 1.29 is 4.74 Å². The fourth-order valence-electron chi connectivity index (χ4n) is 2.14. The minimum atomic E-state index is 0.414. The Kier molecular flexibility index (Phi) is 5.07. The monoisotopic (exact) mass is 271 g/mol. The van der Waals surface area contributed by atoms with Gasteiger partial charge >= 0.3 is 0 Å². The van der Waals surface area contributed by atoms with Gasteiger partial charge in [0.2, 0.25) is 0 Å². The molecule has 106 valence electrons. The van der Waals surface area contributed by atoms with Crippen molar-refractivity contribution in [1.29, 1.82) is 0 Å². The third-order valence-corrected chi connectivity index (χ3v) is 3.06. The second kappa shape index (κ2) is 7.01. The minimum Gasteiger partial charge on any atom is -0.377 e. The number of rotatable bonds is 6. The number of anilines is 1. The van der Waals surface area contributed by atoms with Crippen LogP contribution in [0.25, 0.3) is 11.3 Å². The summed E-state index contributed by atoms with van der Waals surface area (Å²) >= 11 is 0. The number of methoxy groups -OCH3 is 1. The van der Waals surface area contributed by atoms with Gasteiger partial charge in [0, 0.05) is 25.8 Å². The van der Waals surface area contributed by atoms with Crippen molar-refractivity contribution in [1.82, 2.24) is 9.97 Å². The molecule has 0 aliphatic carbocycles. The summed E-state index contributed by atoms with van der Waals surface area (Å²) in [5, 5.41) is 3.07. The number of ether oxygens (including phenoxy) is 1. The Bertz CT molecular complexity index is 569. The second-order valence-electron chi connectivity index (χ2n) is 4.69. The lowest BCUT2D eigenvalue weighted by Crippen LogP contribution is -2.03. The first-order valence-electron chi connectivity index (χ1n) is 6.90. The van der Waals surface area contributed by atoms with Gasteiger partial charge in [0.25, 0.3) is 0 Å². The van der Waals surface area contributed by atoms with Crippen LogP contribution in [0.15, 0.2) is 30.3 Å². The quantitative estimate of drug-likeness (QED) is 0.875. The standard InChI is InChI=1S/C16H21N3O/c1-4-6-12-7-5-8-13(9-12)14-10-15(17-2)19-16(18-14)11-20-3/h5,7-10H,4,6,11H2,1-3H3,(H,17,18,19). The van der Waals surface area contributed by atoms with Crippen molar-refractivity contribution in [3.8, 4) is 11.3 Å². The van der Waals surface area contributed by atoms with E-state index in [0.717, 1.165) is 29.9 Å². The Morgan fingerprint density at radius 3 is 2.75 bits per heavy atom. The first kappa shape index (κ1) is 14.5. The molecule has 0 amide bonds. The number of aromatic nitrogens is 2. The van der Waals surface area contributed by atoms with Gasteiger partial charge in [0.05, 0.1) is 5.69 Å². The summed E-state index contributed by atoms with van der Waals surface area (Å²) < 4.78 is 5.13. The highest BCUT2D eigenvalue weighted by atomic mass is 16.5. The molecule has 2 rings (SSSR count). The van der Waals surface area contributed by atoms with Crippen LogP contribution in [0, 0.1) is 0 Å². The smallest absolute Gasteiger partial charge is 0.157 e. The normalized spacial score (nSPS) is 10.6. The molecule has 1 aromatic heterocycles. The Hall–Kier alpha value is -1.94. The number of aryl methyl sites for hydroxylation is 1. The van der Waals surface area contributed by atoms with E-state index in [0.29, 0.717) is 12.4 Å². The molecule has 1 N–H and O–H groups in total. The van der Waals surface area contributed by atoms with Crippen molar-refractivity contribution in [2.45, 2.75) is 26.4 Å². The second-order valence-corrected chi connectivity index (χ2v) is 4.69. The number of hydrogen-bond donors (Lipinski definition) is 1. The van der Waals surface area contributed by atoms with E-state index in [9.17, 15) is 0 Å². The Labute approximate surface area is 120 Å². The molecule has 0 atom stereocenters. The zero-order chi connectivity index (χ0) is 14.4. The van der Waals surface area contributed by atoms with Gasteiger partial charge in [0.1, 0.15) is 12.4 Å². The molecule has 1 heterocycles. The van der Waals surface area contributed by atoms with Gasteiger partial charge < -0.3 is 10.1 Å². The summed E-state index contributed by atoms with van der Waals surface area (Å²) in [7, 11) is 3.51. The summed E-state index contributed by atoms with van der Waals surface area (Å²) in [5.41, 5.74) is 3.38. The Morgan fingerprint density at radius 1 is 1.20 bits per heavy atom. The molecular formula is C16H21N3O. The molecule has 2 aromatic rings. The molecule has 0 bridgehead atoms. The van der Waals surface area contributed by atoms with E-state index in [-0.39, 0.29) is 0 Å². The Balaban J connectivity index is 2.39. The van der Waals surface area contributed by atoms with E-state index in [1.165, 1.54) is 5.56 Å². The topological polar surface area (TPSA) is 47.0 Å². The van der Waals surface area contributed by atoms with Crippen molar-refractivity contribution in [3.05, 3.63) is 41.7 Å². The molecule has 0 radical (unpaired) electrons. The van der Waals surface area contributed by atoms with Gasteiger partial charge in [-0.15, -0.1) is 0 Å². The summed E-state index contributed by atoms with van der Waals surface area (Å²) in [6.07, 6.45) is 2.23. The summed E-state index contributed by atoms with van der Waals surface area (Å²) in [6, 6.07) is 10.5. The number of nitrogens with zero attached hydrogens (tertiary/aromatic N) is 2. The van der Waals surface area contributed by atoms with Crippen molar-refractivity contribution in [2.24, 2.45) is 0 Å². The lowest BCUT2D eigenvalue weighted by atomic mass is 10.0. The average Bonchev–Trinajstić information content (AvgIpc) is 2.48. The third-order valence-electron chi connectivity index (χ3n) is 3.06. The first-order chi connectivity index (χ1) is 9.76. The summed E-state index contributed by atoms with van der Waals surface area (Å²) in [6.45, 7) is 2.60. The van der Waals surface area contributed by atoms with Crippen molar-refractivity contribution >= 4 is 5.82 Å². The van der Waals surface area contributed by atoms with Crippen LogP contribution in [0.3, 0.4) is 0 Å². The number of hydrogen-bond acceptors (Lipinski definition) is 4. The highest BCUT2D eigenvalue weighted by Gasteiger charge is 2.06. The predicted octanol–water partition coefficient (Wildman–Crippen LogP) is 3.28. The van der Waals surface area contributed by atoms with Gasteiger partial charge in [-0.05, 0) is 18.1 Å². The molecule has 4 nitrogen and oxygen atoms in total. The minimum absolute atomic E-state index is 0.414. The van der Waals surface area contributed by atoms with Gasteiger partial charge in [0.15, 0.2) is 5.82 Å². The van der Waals surface area contributed by atoms with Crippen LogP contribution in [0.2, 0.25) is 0 Å². The van der Waals surface area contributed by atoms with Crippen LogP contribution < -0.4 is 5.32 Å². The van der Waals surface area contributed by atoms with Crippen LogP contribution >= 0.6 is 0 Å². The van der Waals surface area contributed by atoms with Crippen molar-refractivity contribution in [3.63, 3.8) is 0 Å². The molecule has 0 saturated carbocycles. The highest BCUT2D eigenvalue weighted by Crippen LogP contribution is 2.21. The average molecular weight is 271 g/mol. The molecule has 0 saturated heterocycles. The Morgan fingerprint density at radius 2 is 2.05 bits per heavy atom. The maximum absolute atomic E-state index is 5.13. The molecule has 0 aliphatic rings. The first-order valence-corrected chi connectivity index (χ1v) is 6.90. The van der Waals surface area contributed by atoms with E-state index in [1.807, 2.05) is 13.1 Å². The molecule has 20 heavy (non-hydrogen) atoms. The summed E-state index contributed by atoms with van der Waals surface area (Å²) in [5.74, 6) is 1.50. The van der Waals surface area contributed by atoms with Crippen molar-refractivity contribution in [2.75, 3.05) is 19.5 Å². The predicted molar refractivity (Wildman–Crippen MR) is 81.7 cm³/mol. The molecular weight excluding hydrogens is 250 g/mol. The van der Waals surface area contributed by atoms with E-state index >= 15 is 0 Å². The molecule has 4 heteroatoms. The lowest BCUT2D eigenvalue weighted by Gasteiger charge is -2.09. The fourth-order valence-corrected chi connectivity index (χ4v) is 2.14. The van der Waals surface area contributed by atoms with Crippen LogP contribution in [0.4, 0.5) is 5.82 Å². The largest absolute Gasteiger partial charge is 0.377 e. The van der Waals surface area contributed by atoms with Crippen LogP contribution in [-0.4, -0.2) is 24.1 Å². The fraction of sp³-hybridized carbons (Fsp3) is 0.375.